The standard InChI is InChI=1S/C15H16BrN3O/c1-10(11-4-3-5-12(16)8-11)19-15(20)13-6-7-18-9-14(13)17-2/h3-10,17H,1-2H3,(H,19,20). The summed E-state index contributed by atoms with van der Waals surface area (Å²) < 4.78 is 0.996. The number of aromatic nitrogens is 1. The second kappa shape index (κ2) is 6.52. The molecular weight excluding hydrogens is 318 g/mol. The van der Waals surface area contributed by atoms with E-state index in [4.69, 9.17) is 0 Å². The van der Waals surface area contributed by atoms with Crippen LogP contribution in [0.1, 0.15) is 28.9 Å². The van der Waals surface area contributed by atoms with Crippen molar-refractivity contribution in [1.29, 1.82) is 0 Å². The smallest absolute Gasteiger partial charge is 0.253 e. The van der Waals surface area contributed by atoms with Gasteiger partial charge in [-0.2, -0.15) is 0 Å². The van der Waals surface area contributed by atoms with Gasteiger partial charge in [-0.25, -0.2) is 0 Å². The van der Waals surface area contributed by atoms with Crippen LogP contribution in [0.15, 0.2) is 47.2 Å². The van der Waals surface area contributed by atoms with Gasteiger partial charge in [0.1, 0.15) is 0 Å². The molecule has 1 atom stereocenters. The molecule has 1 unspecified atom stereocenters. The van der Waals surface area contributed by atoms with E-state index in [1.54, 1.807) is 25.5 Å². The molecule has 0 saturated carbocycles. The Morgan fingerprint density at radius 2 is 2.15 bits per heavy atom. The van der Waals surface area contributed by atoms with Gasteiger partial charge in [0, 0.05) is 17.7 Å². The summed E-state index contributed by atoms with van der Waals surface area (Å²) in [4.78, 5) is 16.3. The molecule has 20 heavy (non-hydrogen) atoms. The summed E-state index contributed by atoms with van der Waals surface area (Å²) in [6, 6.07) is 9.53. The second-order valence-electron chi connectivity index (χ2n) is 4.42. The largest absolute Gasteiger partial charge is 0.386 e. The molecule has 0 fully saturated rings. The molecule has 0 spiro atoms. The molecule has 1 aromatic heterocycles. The summed E-state index contributed by atoms with van der Waals surface area (Å²) in [5.74, 6) is -0.121. The van der Waals surface area contributed by atoms with E-state index in [2.05, 4.69) is 31.5 Å². The van der Waals surface area contributed by atoms with Gasteiger partial charge < -0.3 is 10.6 Å². The van der Waals surface area contributed by atoms with E-state index in [1.807, 2.05) is 31.2 Å². The average molecular weight is 334 g/mol. The van der Waals surface area contributed by atoms with Crippen LogP contribution < -0.4 is 10.6 Å². The molecule has 1 aromatic carbocycles. The number of nitrogens with one attached hydrogen (secondary N) is 2. The van der Waals surface area contributed by atoms with Gasteiger partial charge in [0.05, 0.1) is 23.5 Å². The van der Waals surface area contributed by atoms with E-state index < -0.39 is 0 Å². The number of carbonyl (C=O) groups is 1. The van der Waals surface area contributed by atoms with Crippen molar-refractivity contribution >= 4 is 27.5 Å². The number of benzene rings is 1. The van der Waals surface area contributed by atoms with Crippen LogP contribution in [-0.4, -0.2) is 17.9 Å². The molecule has 0 radical (unpaired) electrons. The van der Waals surface area contributed by atoms with Crippen LogP contribution in [0.2, 0.25) is 0 Å². The lowest BCUT2D eigenvalue weighted by molar-refractivity contribution is 0.0940. The Morgan fingerprint density at radius 1 is 1.35 bits per heavy atom. The molecule has 0 aliphatic carbocycles. The molecule has 2 aromatic rings. The molecule has 104 valence electrons. The van der Waals surface area contributed by atoms with Crippen LogP contribution in [0, 0.1) is 0 Å². The summed E-state index contributed by atoms with van der Waals surface area (Å²) in [6.45, 7) is 1.96. The van der Waals surface area contributed by atoms with Crippen molar-refractivity contribution < 1.29 is 4.79 Å². The Balaban J connectivity index is 2.15. The molecule has 0 bridgehead atoms. The fourth-order valence-corrected chi connectivity index (χ4v) is 2.34. The number of hydrogen-bond donors (Lipinski definition) is 2. The molecule has 5 heteroatoms. The number of hydrogen-bond acceptors (Lipinski definition) is 3. The first kappa shape index (κ1) is 14.5. The van der Waals surface area contributed by atoms with Crippen molar-refractivity contribution in [2.24, 2.45) is 0 Å². The number of pyridine rings is 1. The van der Waals surface area contributed by atoms with Crippen molar-refractivity contribution in [3.05, 3.63) is 58.3 Å². The fourth-order valence-electron chi connectivity index (χ4n) is 1.93. The first-order chi connectivity index (χ1) is 9.61. The van der Waals surface area contributed by atoms with Gasteiger partial charge in [0.2, 0.25) is 0 Å². The number of anilines is 1. The first-order valence-electron chi connectivity index (χ1n) is 6.30. The van der Waals surface area contributed by atoms with Crippen LogP contribution in [0.5, 0.6) is 0 Å². The highest BCUT2D eigenvalue weighted by molar-refractivity contribution is 9.10. The highest BCUT2D eigenvalue weighted by Gasteiger charge is 2.14. The van der Waals surface area contributed by atoms with E-state index >= 15 is 0 Å². The van der Waals surface area contributed by atoms with Gasteiger partial charge in [-0.15, -0.1) is 0 Å². The predicted molar refractivity (Wildman–Crippen MR) is 83.8 cm³/mol. The molecular formula is C15H16BrN3O. The van der Waals surface area contributed by atoms with Gasteiger partial charge in [-0.1, -0.05) is 28.1 Å². The monoisotopic (exact) mass is 333 g/mol. The van der Waals surface area contributed by atoms with Crippen LogP contribution in [0.25, 0.3) is 0 Å². The minimum Gasteiger partial charge on any atom is -0.386 e. The van der Waals surface area contributed by atoms with Gasteiger partial charge >= 0.3 is 0 Å². The summed E-state index contributed by atoms with van der Waals surface area (Å²) in [5, 5.41) is 5.95. The number of rotatable bonds is 4. The molecule has 0 aliphatic rings. The zero-order valence-corrected chi connectivity index (χ0v) is 12.9. The van der Waals surface area contributed by atoms with Crippen LogP contribution in [0.3, 0.4) is 0 Å². The van der Waals surface area contributed by atoms with E-state index in [0.717, 1.165) is 10.0 Å². The number of nitrogens with zero attached hydrogens (tertiary/aromatic N) is 1. The summed E-state index contributed by atoms with van der Waals surface area (Å²) in [6.07, 6.45) is 3.25. The van der Waals surface area contributed by atoms with Crippen molar-refractivity contribution in [2.75, 3.05) is 12.4 Å². The Labute approximate surface area is 126 Å². The van der Waals surface area contributed by atoms with Crippen molar-refractivity contribution in [3.63, 3.8) is 0 Å². The topological polar surface area (TPSA) is 54.0 Å². The first-order valence-corrected chi connectivity index (χ1v) is 7.09. The lowest BCUT2D eigenvalue weighted by Crippen LogP contribution is -2.27. The fraction of sp³-hybridized carbons (Fsp3) is 0.200. The van der Waals surface area contributed by atoms with Crippen LogP contribution in [0.4, 0.5) is 5.69 Å². The molecule has 4 nitrogen and oxygen atoms in total. The van der Waals surface area contributed by atoms with E-state index in [1.165, 1.54) is 0 Å². The minimum atomic E-state index is -0.121. The Kier molecular flexibility index (Phi) is 4.74. The Bertz CT molecular complexity index is 616. The number of halogens is 1. The number of carbonyl (C=O) groups excluding carboxylic acids is 1. The average Bonchev–Trinajstić information content (AvgIpc) is 2.47. The third kappa shape index (κ3) is 3.36. The zero-order chi connectivity index (χ0) is 14.5. The third-order valence-electron chi connectivity index (χ3n) is 3.03. The molecule has 2 rings (SSSR count). The molecule has 0 aliphatic heterocycles. The van der Waals surface area contributed by atoms with Gasteiger partial charge in [-0.05, 0) is 30.7 Å². The molecule has 1 amide bonds. The van der Waals surface area contributed by atoms with Crippen molar-refractivity contribution in [3.8, 4) is 0 Å². The van der Waals surface area contributed by atoms with Gasteiger partial charge in [0.25, 0.3) is 5.91 Å². The van der Waals surface area contributed by atoms with Crippen molar-refractivity contribution in [1.82, 2.24) is 10.3 Å². The van der Waals surface area contributed by atoms with E-state index in [-0.39, 0.29) is 11.9 Å². The maximum atomic E-state index is 12.3. The van der Waals surface area contributed by atoms with E-state index in [0.29, 0.717) is 11.3 Å². The minimum absolute atomic E-state index is 0.0714. The van der Waals surface area contributed by atoms with Crippen molar-refractivity contribution in [2.45, 2.75) is 13.0 Å². The lowest BCUT2D eigenvalue weighted by atomic mass is 10.1. The highest BCUT2D eigenvalue weighted by atomic mass is 79.9. The maximum Gasteiger partial charge on any atom is 0.253 e. The van der Waals surface area contributed by atoms with Crippen LogP contribution in [-0.2, 0) is 0 Å². The quantitative estimate of drug-likeness (QED) is 0.901. The zero-order valence-electron chi connectivity index (χ0n) is 11.4. The molecule has 0 saturated heterocycles. The molecule has 2 N–H and O–H groups in total. The summed E-state index contributed by atoms with van der Waals surface area (Å²) in [5.41, 5.74) is 2.35. The van der Waals surface area contributed by atoms with Gasteiger partial charge in [-0.3, -0.25) is 9.78 Å². The SMILES string of the molecule is CNc1cnccc1C(=O)NC(C)c1cccc(Br)c1. The number of amides is 1. The second-order valence-corrected chi connectivity index (χ2v) is 5.34. The third-order valence-corrected chi connectivity index (χ3v) is 3.52. The molecule has 1 heterocycles. The highest BCUT2D eigenvalue weighted by Crippen LogP contribution is 2.19. The predicted octanol–water partition coefficient (Wildman–Crippen LogP) is 3.38. The van der Waals surface area contributed by atoms with E-state index in [9.17, 15) is 4.79 Å². The Morgan fingerprint density at radius 3 is 2.85 bits per heavy atom. The summed E-state index contributed by atoms with van der Waals surface area (Å²) in [7, 11) is 1.77. The normalized spacial score (nSPS) is 11.8. The Hall–Kier alpha value is -1.88. The maximum absolute atomic E-state index is 12.3. The van der Waals surface area contributed by atoms with Gasteiger partial charge in [0.15, 0.2) is 0 Å². The summed E-state index contributed by atoms with van der Waals surface area (Å²) >= 11 is 3.43. The van der Waals surface area contributed by atoms with Crippen LogP contribution >= 0.6 is 15.9 Å². The lowest BCUT2D eigenvalue weighted by Gasteiger charge is -2.16.